The van der Waals surface area contributed by atoms with Crippen LogP contribution in [-0.4, -0.2) is 28.2 Å². The van der Waals surface area contributed by atoms with Gasteiger partial charge in [-0.3, -0.25) is 0 Å². The maximum atomic E-state index is 6.09. The molecule has 1 atom stereocenters. The van der Waals surface area contributed by atoms with E-state index in [1.807, 2.05) is 12.4 Å². The first-order valence-corrected chi connectivity index (χ1v) is 7.51. The summed E-state index contributed by atoms with van der Waals surface area (Å²) >= 11 is 0. The van der Waals surface area contributed by atoms with Gasteiger partial charge >= 0.3 is 0 Å². The fourth-order valence-electron chi connectivity index (χ4n) is 3.28. The first kappa shape index (κ1) is 12.9. The molecule has 0 aromatic carbocycles. The normalized spacial score (nSPS) is 25.6. The fraction of sp³-hybridized carbons (Fsp3) is 0.733. The number of hydrogen-bond donors (Lipinski definition) is 1. The second-order valence-electron chi connectivity index (χ2n) is 5.87. The van der Waals surface area contributed by atoms with Gasteiger partial charge in [-0.2, -0.15) is 0 Å². The van der Waals surface area contributed by atoms with Crippen molar-refractivity contribution in [2.75, 3.05) is 11.9 Å². The largest absolute Gasteiger partial charge is 0.373 e. The van der Waals surface area contributed by atoms with Crippen LogP contribution in [0.25, 0.3) is 0 Å². The molecule has 0 bridgehead atoms. The van der Waals surface area contributed by atoms with Crippen LogP contribution < -0.4 is 5.32 Å². The summed E-state index contributed by atoms with van der Waals surface area (Å²) in [6.45, 7) is 2.91. The zero-order valence-corrected chi connectivity index (χ0v) is 11.7. The average molecular weight is 261 g/mol. The topological polar surface area (TPSA) is 47.0 Å². The molecule has 0 unspecified atom stereocenters. The van der Waals surface area contributed by atoms with E-state index in [9.17, 15) is 0 Å². The number of anilines is 1. The summed E-state index contributed by atoms with van der Waals surface area (Å²) < 4.78 is 6.09. The Balaban J connectivity index is 1.58. The van der Waals surface area contributed by atoms with Gasteiger partial charge in [-0.05, 0) is 31.2 Å². The van der Waals surface area contributed by atoms with Gasteiger partial charge in [0, 0.05) is 12.4 Å². The molecule has 4 heteroatoms. The molecule has 1 spiro atoms. The zero-order chi connectivity index (χ0) is 13.1. The smallest absolute Gasteiger partial charge is 0.222 e. The Labute approximate surface area is 115 Å². The number of nitrogens with zero attached hydrogens (tertiary/aromatic N) is 2. The van der Waals surface area contributed by atoms with E-state index in [1.54, 1.807) is 0 Å². The van der Waals surface area contributed by atoms with E-state index >= 15 is 0 Å². The minimum atomic E-state index is 0.152. The van der Waals surface area contributed by atoms with Crippen LogP contribution in [0.2, 0.25) is 0 Å². The van der Waals surface area contributed by atoms with E-state index in [0.29, 0.717) is 6.04 Å². The molecule has 1 saturated heterocycles. The van der Waals surface area contributed by atoms with Crippen LogP contribution in [-0.2, 0) is 11.2 Å². The van der Waals surface area contributed by atoms with E-state index in [4.69, 9.17) is 4.74 Å². The van der Waals surface area contributed by atoms with Crippen molar-refractivity contribution in [1.82, 2.24) is 9.97 Å². The van der Waals surface area contributed by atoms with Crippen LogP contribution in [0.1, 0.15) is 51.0 Å². The molecule has 19 heavy (non-hydrogen) atoms. The molecule has 1 aromatic heterocycles. The van der Waals surface area contributed by atoms with Gasteiger partial charge in [-0.15, -0.1) is 0 Å². The number of ether oxygens (including phenoxy) is 1. The van der Waals surface area contributed by atoms with E-state index in [2.05, 4.69) is 22.2 Å². The Hall–Kier alpha value is -1.16. The van der Waals surface area contributed by atoms with Crippen LogP contribution in [0.15, 0.2) is 12.4 Å². The van der Waals surface area contributed by atoms with Crippen LogP contribution in [0.3, 0.4) is 0 Å². The molecule has 104 valence electrons. The second kappa shape index (κ2) is 5.45. The third-order valence-electron chi connectivity index (χ3n) is 4.42. The Kier molecular flexibility index (Phi) is 3.69. The maximum absolute atomic E-state index is 6.09. The number of aromatic nitrogens is 2. The highest BCUT2D eigenvalue weighted by Gasteiger charge is 2.41. The predicted molar refractivity (Wildman–Crippen MR) is 75.2 cm³/mol. The van der Waals surface area contributed by atoms with E-state index in [-0.39, 0.29) is 5.60 Å². The summed E-state index contributed by atoms with van der Waals surface area (Å²) in [5.41, 5.74) is 1.33. The lowest BCUT2D eigenvalue weighted by Gasteiger charge is -2.32. The Morgan fingerprint density at radius 1 is 1.26 bits per heavy atom. The van der Waals surface area contributed by atoms with E-state index in [1.165, 1.54) is 37.7 Å². The number of hydrogen-bond acceptors (Lipinski definition) is 4. The lowest BCUT2D eigenvalue weighted by molar-refractivity contribution is -0.0244. The molecular weight excluding hydrogens is 238 g/mol. The van der Waals surface area contributed by atoms with Crippen LogP contribution in [0.5, 0.6) is 0 Å². The summed E-state index contributed by atoms with van der Waals surface area (Å²) in [7, 11) is 0. The Bertz CT molecular complexity index is 412. The third-order valence-corrected chi connectivity index (χ3v) is 4.42. The van der Waals surface area contributed by atoms with Crippen molar-refractivity contribution in [1.29, 1.82) is 0 Å². The lowest BCUT2D eigenvalue weighted by atomic mass is 9.82. The SMILES string of the molecule is CCc1cnc(N[C@@H]2COC3(CCCCC3)C2)nc1. The minimum absolute atomic E-state index is 0.152. The van der Waals surface area contributed by atoms with Gasteiger partial charge in [0.25, 0.3) is 0 Å². The first-order chi connectivity index (χ1) is 9.30. The molecule has 2 heterocycles. The van der Waals surface area contributed by atoms with E-state index < -0.39 is 0 Å². The molecule has 2 fully saturated rings. The molecule has 3 rings (SSSR count). The predicted octanol–water partition coefficient (Wildman–Crippen LogP) is 2.94. The van der Waals surface area contributed by atoms with Gasteiger partial charge in [-0.1, -0.05) is 26.2 Å². The van der Waals surface area contributed by atoms with Crippen LogP contribution in [0, 0.1) is 0 Å². The Morgan fingerprint density at radius 2 is 2.00 bits per heavy atom. The lowest BCUT2D eigenvalue weighted by Crippen LogP contribution is -2.31. The van der Waals surface area contributed by atoms with Gasteiger partial charge in [0.05, 0.1) is 18.2 Å². The summed E-state index contributed by atoms with van der Waals surface area (Å²) in [4.78, 5) is 8.74. The number of aryl methyl sites for hydroxylation is 1. The minimum Gasteiger partial charge on any atom is -0.373 e. The zero-order valence-electron chi connectivity index (χ0n) is 11.7. The molecule has 4 nitrogen and oxygen atoms in total. The summed E-state index contributed by atoms with van der Waals surface area (Å²) in [6, 6.07) is 0.366. The highest BCUT2D eigenvalue weighted by molar-refractivity contribution is 5.27. The number of rotatable bonds is 3. The fourth-order valence-corrected chi connectivity index (χ4v) is 3.28. The molecule has 1 aliphatic heterocycles. The highest BCUT2D eigenvalue weighted by Crippen LogP contribution is 2.39. The summed E-state index contributed by atoms with van der Waals surface area (Å²) in [5.74, 6) is 0.735. The van der Waals surface area contributed by atoms with Crippen LogP contribution >= 0.6 is 0 Å². The van der Waals surface area contributed by atoms with Gasteiger partial charge in [-0.25, -0.2) is 9.97 Å². The van der Waals surface area contributed by atoms with Crippen molar-refractivity contribution in [2.45, 2.75) is 63.5 Å². The Morgan fingerprint density at radius 3 is 2.68 bits per heavy atom. The number of nitrogens with one attached hydrogen (secondary N) is 1. The molecule has 0 radical (unpaired) electrons. The van der Waals surface area contributed by atoms with Gasteiger partial charge in [0.1, 0.15) is 0 Å². The summed E-state index contributed by atoms with van der Waals surface area (Å²) in [5, 5.41) is 3.42. The van der Waals surface area contributed by atoms with Crippen molar-refractivity contribution in [3.63, 3.8) is 0 Å². The third kappa shape index (κ3) is 2.89. The van der Waals surface area contributed by atoms with Gasteiger partial charge in [0.15, 0.2) is 0 Å². The molecule has 1 aromatic rings. The maximum Gasteiger partial charge on any atom is 0.222 e. The molecule has 1 aliphatic carbocycles. The molecule has 1 saturated carbocycles. The molecule has 2 aliphatic rings. The second-order valence-corrected chi connectivity index (χ2v) is 5.87. The average Bonchev–Trinajstić information content (AvgIpc) is 2.83. The molecule has 0 amide bonds. The first-order valence-electron chi connectivity index (χ1n) is 7.51. The summed E-state index contributed by atoms with van der Waals surface area (Å²) in [6.07, 6.45) is 12.3. The molecular formula is C15H23N3O. The van der Waals surface area contributed by atoms with Gasteiger partial charge < -0.3 is 10.1 Å². The van der Waals surface area contributed by atoms with Crippen LogP contribution in [0.4, 0.5) is 5.95 Å². The standard InChI is InChI=1S/C15H23N3O/c1-2-12-9-16-14(17-10-12)18-13-8-15(19-11-13)6-4-3-5-7-15/h9-10,13H,2-8,11H2,1H3,(H,16,17,18)/t13-/m0/s1. The van der Waals surface area contributed by atoms with Crippen molar-refractivity contribution in [3.8, 4) is 0 Å². The monoisotopic (exact) mass is 261 g/mol. The van der Waals surface area contributed by atoms with Crippen molar-refractivity contribution in [3.05, 3.63) is 18.0 Å². The van der Waals surface area contributed by atoms with Crippen molar-refractivity contribution >= 4 is 5.95 Å². The van der Waals surface area contributed by atoms with Crippen molar-refractivity contribution in [2.24, 2.45) is 0 Å². The highest BCUT2D eigenvalue weighted by atomic mass is 16.5. The van der Waals surface area contributed by atoms with Gasteiger partial charge in [0.2, 0.25) is 5.95 Å². The quantitative estimate of drug-likeness (QED) is 0.908. The molecule has 1 N–H and O–H groups in total. The van der Waals surface area contributed by atoms with Crippen molar-refractivity contribution < 1.29 is 4.74 Å². The van der Waals surface area contributed by atoms with E-state index in [0.717, 1.165) is 25.4 Å².